The molecule has 1 rings (SSSR count). The Morgan fingerprint density at radius 3 is 2.43 bits per heavy atom. The van der Waals surface area contributed by atoms with Crippen molar-refractivity contribution in [3.05, 3.63) is 33.4 Å². The molecule has 0 spiro atoms. The van der Waals surface area contributed by atoms with Gasteiger partial charge in [-0.2, -0.15) is 0 Å². The number of nitro benzene ring substituents is 1. The predicted molar refractivity (Wildman–Crippen MR) is 83.2 cm³/mol. The molecule has 0 aromatic heterocycles. The maximum absolute atomic E-state index is 12.2. The number of amides is 1. The normalized spacial score (nSPS) is 12.3. The summed E-state index contributed by atoms with van der Waals surface area (Å²) in [7, 11) is 0. The van der Waals surface area contributed by atoms with E-state index in [1.807, 2.05) is 13.8 Å². The van der Waals surface area contributed by atoms with Crippen molar-refractivity contribution in [1.82, 2.24) is 0 Å². The Kier molecular flexibility index (Phi) is 5.84. The molecule has 0 aliphatic rings. The number of nitrogens with two attached hydrogens (primary N) is 1. The van der Waals surface area contributed by atoms with Gasteiger partial charge in [0.2, 0.25) is 5.91 Å². The first kappa shape index (κ1) is 17.1. The number of benzene rings is 1. The molecular weight excluding hydrogens is 270 g/mol. The number of anilines is 1. The van der Waals surface area contributed by atoms with Gasteiger partial charge in [0.05, 0.1) is 10.8 Å². The number of hydrogen-bond acceptors (Lipinski definition) is 4. The Morgan fingerprint density at radius 1 is 1.33 bits per heavy atom. The maximum atomic E-state index is 12.2. The van der Waals surface area contributed by atoms with E-state index >= 15 is 0 Å². The van der Waals surface area contributed by atoms with Crippen LogP contribution in [0, 0.1) is 35.8 Å². The van der Waals surface area contributed by atoms with Gasteiger partial charge in [0.1, 0.15) is 0 Å². The zero-order chi connectivity index (χ0) is 16.2. The molecule has 0 saturated carbocycles. The highest BCUT2D eigenvalue weighted by molar-refractivity contribution is 5.93. The van der Waals surface area contributed by atoms with Crippen molar-refractivity contribution in [2.75, 3.05) is 11.9 Å². The second kappa shape index (κ2) is 7.17. The molecule has 1 unspecified atom stereocenters. The van der Waals surface area contributed by atoms with E-state index in [2.05, 4.69) is 5.32 Å². The molecule has 0 aliphatic carbocycles. The van der Waals surface area contributed by atoms with Gasteiger partial charge >= 0.3 is 0 Å². The topological polar surface area (TPSA) is 98.3 Å². The zero-order valence-corrected chi connectivity index (χ0v) is 13.0. The molecule has 0 bridgehead atoms. The summed E-state index contributed by atoms with van der Waals surface area (Å²) in [5.74, 6) is -0.00792. The fourth-order valence-electron chi connectivity index (χ4n) is 2.25. The van der Waals surface area contributed by atoms with Crippen molar-refractivity contribution >= 4 is 17.3 Å². The molecule has 6 heteroatoms. The average Bonchev–Trinajstić information content (AvgIpc) is 2.38. The van der Waals surface area contributed by atoms with E-state index in [1.54, 1.807) is 19.9 Å². The summed E-state index contributed by atoms with van der Waals surface area (Å²) >= 11 is 0. The zero-order valence-electron chi connectivity index (χ0n) is 13.0. The highest BCUT2D eigenvalue weighted by atomic mass is 16.6. The first-order valence-electron chi connectivity index (χ1n) is 7.02. The number of nitro groups is 1. The van der Waals surface area contributed by atoms with Gasteiger partial charge in [-0.05, 0) is 37.8 Å². The van der Waals surface area contributed by atoms with Crippen molar-refractivity contribution in [3.8, 4) is 0 Å². The summed E-state index contributed by atoms with van der Waals surface area (Å²) in [6.07, 6.45) is 0.716. The van der Waals surface area contributed by atoms with Crippen LogP contribution in [0.5, 0.6) is 0 Å². The van der Waals surface area contributed by atoms with E-state index in [-0.39, 0.29) is 24.1 Å². The van der Waals surface area contributed by atoms with Crippen LogP contribution in [-0.2, 0) is 4.79 Å². The molecule has 0 fully saturated rings. The first-order valence-corrected chi connectivity index (χ1v) is 7.02. The van der Waals surface area contributed by atoms with Gasteiger partial charge in [0.15, 0.2) is 0 Å². The average molecular weight is 293 g/mol. The molecule has 0 aliphatic heterocycles. The van der Waals surface area contributed by atoms with Gasteiger partial charge in [-0.1, -0.05) is 13.8 Å². The van der Waals surface area contributed by atoms with Crippen molar-refractivity contribution in [2.24, 2.45) is 17.6 Å². The SMILES string of the molecule is Cc1cc([N+](=O)[O-])c(C)cc1NC(=O)C(CN)CC(C)C. The van der Waals surface area contributed by atoms with Crippen LogP contribution < -0.4 is 11.1 Å². The molecule has 1 aromatic carbocycles. The summed E-state index contributed by atoms with van der Waals surface area (Å²) in [6, 6.07) is 3.11. The lowest BCUT2D eigenvalue weighted by Gasteiger charge is -2.18. The number of carbonyl (C=O) groups excluding carboxylic acids is 1. The standard InChI is InChI=1S/C15H23N3O3/c1-9(2)5-12(8-16)15(19)17-13-6-11(4)14(18(20)21)7-10(13)3/h6-7,9,12H,5,8,16H2,1-4H3,(H,17,19). The quantitative estimate of drug-likeness (QED) is 0.622. The maximum Gasteiger partial charge on any atom is 0.272 e. The second-order valence-corrected chi connectivity index (χ2v) is 5.76. The summed E-state index contributed by atoms with van der Waals surface area (Å²) < 4.78 is 0. The van der Waals surface area contributed by atoms with Gasteiger partial charge < -0.3 is 11.1 Å². The van der Waals surface area contributed by atoms with E-state index in [0.717, 1.165) is 0 Å². The predicted octanol–water partition coefficient (Wildman–Crippen LogP) is 2.77. The largest absolute Gasteiger partial charge is 0.330 e. The lowest BCUT2D eigenvalue weighted by molar-refractivity contribution is -0.385. The smallest absolute Gasteiger partial charge is 0.272 e. The third-order valence-electron chi connectivity index (χ3n) is 3.41. The number of carbonyl (C=O) groups is 1. The van der Waals surface area contributed by atoms with Crippen LogP contribution >= 0.6 is 0 Å². The monoisotopic (exact) mass is 293 g/mol. The number of rotatable bonds is 6. The van der Waals surface area contributed by atoms with Crippen molar-refractivity contribution in [1.29, 1.82) is 0 Å². The highest BCUT2D eigenvalue weighted by Crippen LogP contribution is 2.26. The molecule has 1 aromatic rings. The molecule has 21 heavy (non-hydrogen) atoms. The van der Waals surface area contributed by atoms with Crippen LogP contribution in [0.1, 0.15) is 31.4 Å². The van der Waals surface area contributed by atoms with Crippen LogP contribution in [0.4, 0.5) is 11.4 Å². The van der Waals surface area contributed by atoms with Crippen molar-refractivity contribution in [2.45, 2.75) is 34.1 Å². The van der Waals surface area contributed by atoms with Crippen LogP contribution in [0.25, 0.3) is 0 Å². The second-order valence-electron chi connectivity index (χ2n) is 5.76. The fraction of sp³-hybridized carbons (Fsp3) is 0.533. The third kappa shape index (κ3) is 4.53. The van der Waals surface area contributed by atoms with Crippen LogP contribution in [0.15, 0.2) is 12.1 Å². The molecule has 3 N–H and O–H groups in total. The van der Waals surface area contributed by atoms with Crippen LogP contribution in [-0.4, -0.2) is 17.4 Å². The lowest BCUT2D eigenvalue weighted by atomic mass is 9.96. The van der Waals surface area contributed by atoms with Crippen LogP contribution in [0.2, 0.25) is 0 Å². The minimum atomic E-state index is -0.421. The Morgan fingerprint density at radius 2 is 1.95 bits per heavy atom. The minimum Gasteiger partial charge on any atom is -0.330 e. The van der Waals surface area contributed by atoms with Gasteiger partial charge in [-0.15, -0.1) is 0 Å². The van der Waals surface area contributed by atoms with E-state index in [0.29, 0.717) is 29.2 Å². The number of hydrogen-bond donors (Lipinski definition) is 2. The molecule has 116 valence electrons. The van der Waals surface area contributed by atoms with Crippen molar-refractivity contribution < 1.29 is 9.72 Å². The molecular formula is C15H23N3O3. The Bertz CT molecular complexity index is 541. The van der Waals surface area contributed by atoms with Gasteiger partial charge in [-0.3, -0.25) is 14.9 Å². The molecule has 0 heterocycles. The van der Waals surface area contributed by atoms with Gasteiger partial charge in [0.25, 0.3) is 5.69 Å². The molecule has 1 amide bonds. The summed E-state index contributed by atoms with van der Waals surface area (Å²) in [4.78, 5) is 22.7. The number of nitrogens with one attached hydrogen (secondary N) is 1. The first-order chi connectivity index (χ1) is 9.76. The van der Waals surface area contributed by atoms with E-state index in [9.17, 15) is 14.9 Å². The van der Waals surface area contributed by atoms with Crippen LogP contribution in [0.3, 0.4) is 0 Å². The Labute approximate surface area is 124 Å². The van der Waals surface area contributed by atoms with E-state index in [4.69, 9.17) is 5.73 Å². The fourth-order valence-corrected chi connectivity index (χ4v) is 2.25. The van der Waals surface area contributed by atoms with E-state index in [1.165, 1.54) is 6.07 Å². The molecule has 0 saturated heterocycles. The van der Waals surface area contributed by atoms with Crippen molar-refractivity contribution in [3.63, 3.8) is 0 Å². The number of nitrogens with zero attached hydrogens (tertiary/aromatic N) is 1. The lowest BCUT2D eigenvalue weighted by Crippen LogP contribution is -2.30. The Balaban J connectivity index is 2.95. The summed E-state index contributed by atoms with van der Waals surface area (Å²) in [5.41, 5.74) is 7.51. The van der Waals surface area contributed by atoms with E-state index < -0.39 is 4.92 Å². The third-order valence-corrected chi connectivity index (χ3v) is 3.41. The van der Waals surface area contributed by atoms with Gasteiger partial charge in [-0.25, -0.2) is 0 Å². The molecule has 1 atom stereocenters. The summed E-state index contributed by atoms with van der Waals surface area (Å²) in [6.45, 7) is 7.76. The highest BCUT2D eigenvalue weighted by Gasteiger charge is 2.20. The van der Waals surface area contributed by atoms with Gasteiger partial charge in [0, 0.05) is 23.9 Å². The molecule has 6 nitrogen and oxygen atoms in total. The summed E-state index contributed by atoms with van der Waals surface area (Å²) in [5, 5.41) is 13.7. The Hall–Kier alpha value is -1.95. The number of aryl methyl sites for hydroxylation is 2. The minimum absolute atomic E-state index is 0.0584. The molecule has 0 radical (unpaired) electrons.